The van der Waals surface area contributed by atoms with Crippen molar-refractivity contribution in [2.75, 3.05) is 18.9 Å². The van der Waals surface area contributed by atoms with Crippen molar-refractivity contribution in [3.8, 4) is 11.4 Å². The molecule has 1 aromatic heterocycles. The maximum atomic E-state index is 12.8. The van der Waals surface area contributed by atoms with E-state index in [4.69, 9.17) is 5.84 Å². The third-order valence-electron chi connectivity index (χ3n) is 5.22. The molecule has 1 aliphatic rings. The third kappa shape index (κ3) is 4.69. The summed E-state index contributed by atoms with van der Waals surface area (Å²) in [5.74, 6) is 7.02. The van der Waals surface area contributed by atoms with E-state index >= 15 is 0 Å². The summed E-state index contributed by atoms with van der Waals surface area (Å²) in [4.78, 5) is 14.8. The average Bonchev–Trinajstić information content (AvgIpc) is 2.87. The van der Waals surface area contributed by atoms with E-state index in [2.05, 4.69) is 43.1 Å². The van der Waals surface area contributed by atoms with Gasteiger partial charge in [0.2, 0.25) is 11.1 Å². The van der Waals surface area contributed by atoms with Gasteiger partial charge in [-0.3, -0.25) is 4.79 Å². The zero-order valence-electron chi connectivity index (χ0n) is 17.3. The Morgan fingerprint density at radius 2 is 1.68 bits per heavy atom. The lowest BCUT2D eigenvalue weighted by molar-refractivity contribution is -0.130. The number of likely N-dealkylation sites (tertiary alicyclic amines) is 1. The first-order valence-electron chi connectivity index (χ1n) is 10.0. The first-order chi connectivity index (χ1) is 13.3. The van der Waals surface area contributed by atoms with Crippen LogP contribution in [0, 0.1) is 0 Å². The van der Waals surface area contributed by atoms with Crippen molar-refractivity contribution in [3.05, 3.63) is 29.8 Å². The van der Waals surface area contributed by atoms with Crippen molar-refractivity contribution >= 4 is 17.7 Å². The first kappa shape index (κ1) is 20.7. The lowest BCUT2D eigenvalue weighted by atomic mass is 9.87. The molecule has 1 atom stereocenters. The number of nitrogens with zero attached hydrogens (tertiary/aromatic N) is 4. The number of rotatable bonds is 4. The summed E-state index contributed by atoms with van der Waals surface area (Å²) in [7, 11) is 0. The molecule has 0 saturated carbocycles. The zero-order chi connectivity index (χ0) is 20.3. The number of nitrogen functional groups attached to an aromatic ring is 1. The van der Waals surface area contributed by atoms with E-state index in [1.807, 2.05) is 24.0 Å². The second-order valence-corrected chi connectivity index (χ2v) is 9.81. The highest BCUT2D eigenvalue weighted by atomic mass is 32.2. The van der Waals surface area contributed by atoms with Crippen LogP contribution >= 0.6 is 11.8 Å². The van der Waals surface area contributed by atoms with Gasteiger partial charge in [-0.25, -0.2) is 4.68 Å². The zero-order valence-corrected chi connectivity index (χ0v) is 18.1. The topological polar surface area (TPSA) is 77.0 Å². The first-order valence-corrected chi connectivity index (χ1v) is 10.9. The van der Waals surface area contributed by atoms with Gasteiger partial charge in [0.1, 0.15) is 0 Å². The summed E-state index contributed by atoms with van der Waals surface area (Å²) in [6, 6.07) is 8.24. The molecule has 0 bridgehead atoms. The summed E-state index contributed by atoms with van der Waals surface area (Å²) in [6.45, 7) is 10.2. The van der Waals surface area contributed by atoms with Crippen molar-refractivity contribution in [1.29, 1.82) is 0 Å². The molecule has 28 heavy (non-hydrogen) atoms. The van der Waals surface area contributed by atoms with Crippen molar-refractivity contribution in [1.82, 2.24) is 19.8 Å². The quantitative estimate of drug-likeness (QED) is 0.622. The number of amides is 1. The Labute approximate surface area is 171 Å². The fourth-order valence-electron chi connectivity index (χ4n) is 3.43. The van der Waals surface area contributed by atoms with E-state index in [-0.39, 0.29) is 16.6 Å². The van der Waals surface area contributed by atoms with Crippen LogP contribution in [0.1, 0.15) is 58.9 Å². The standard InChI is InChI=1S/C21H31N5OS/c1-15(19(27)25-13-7-5-6-8-14-25)28-20-24-23-18(26(20)22)16-9-11-17(12-10-16)21(2,3)4/h9-12,15H,5-8,13-14,22H2,1-4H3. The van der Waals surface area contributed by atoms with Crippen LogP contribution in [0.15, 0.2) is 29.4 Å². The van der Waals surface area contributed by atoms with Crippen LogP contribution in [0.4, 0.5) is 0 Å². The Balaban J connectivity index is 1.71. The Morgan fingerprint density at radius 3 is 2.25 bits per heavy atom. The van der Waals surface area contributed by atoms with Crippen LogP contribution in [-0.4, -0.2) is 44.0 Å². The molecule has 2 aromatic rings. The van der Waals surface area contributed by atoms with Crippen LogP contribution in [-0.2, 0) is 10.2 Å². The second-order valence-electron chi connectivity index (χ2n) is 8.50. The molecule has 1 aliphatic heterocycles. The third-order valence-corrected chi connectivity index (χ3v) is 6.27. The number of thioether (sulfide) groups is 1. The molecule has 152 valence electrons. The molecule has 1 unspecified atom stereocenters. The van der Waals surface area contributed by atoms with Crippen LogP contribution < -0.4 is 5.84 Å². The molecule has 3 rings (SSSR count). The highest BCUT2D eigenvalue weighted by Crippen LogP contribution is 2.28. The normalized spacial score (nSPS) is 16.6. The highest BCUT2D eigenvalue weighted by Gasteiger charge is 2.25. The highest BCUT2D eigenvalue weighted by molar-refractivity contribution is 8.00. The van der Waals surface area contributed by atoms with E-state index in [1.165, 1.54) is 34.8 Å². The summed E-state index contributed by atoms with van der Waals surface area (Å²) in [5.41, 5.74) is 2.27. The molecule has 1 fully saturated rings. The molecule has 2 N–H and O–H groups in total. The van der Waals surface area contributed by atoms with Gasteiger partial charge in [0.05, 0.1) is 5.25 Å². The number of hydrogen-bond acceptors (Lipinski definition) is 5. The molecule has 0 radical (unpaired) electrons. The summed E-state index contributed by atoms with van der Waals surface area (Å²) in [6.07, 6.45) is 4.59. The van der Waals surface area contributed by atoms with E-state index in [0.29, 0.717) is 11.0 Å². The minimum absolute atomic E-state index is 0.0963. The smallest absolute Gasteiger partial charge is 0.235 e. The van der Waals surface area contributed by atoms with Gasteiger partial charge in [-0.05, 0) is 30.7 Å². The summed E-state index contributed by atoms with van der Waals surface area (Å²) >= 11 is 1.37. The molecule has 1 amide bonds. The average molecular weight is 402 g/mol. The van der Waals surface area contributed by atoms with Gasteiger partial charge in [0.25, 0.3) is 0 Å². The number of carbonyl (C=O) groups excluding carboxylic acids is 1. The summed E-state index contributed by atoms with van der Waals surface area (Å²) < 4.78 is 1.49. The maximum absolute atomic E-state index is 12.8. The second kappa shape index (κ2) is 8.55. The van der Waals surface area contributed by atoms with Crippen molar-refractivity contribution in [2.45, 2.75) is 69.2 Å². The molecule has 0 aliphatic carbocycles. The molecule has 6 nitrogen and oxygen atoms in total. The Kier molecular flexibility index (Phi) is 6.33. The van der Waals surface area contributed by atoms with E-state index in [1.54, 1.807) is 0 Å². The number of hydrogen-bond donors (Lipinski definition) is 1. The lowest BCUT2D eigenvalue weighted by Crippen LogP contribution is -2.37. The van der Waals surface area contributed by atoms with Crippen molar-refractivity contribution < 1.29 is 4.79 Å². The van der Waals surface area contributed by atoms with Gasteiger partial charge in [-0.15, -0.1) is 10.2 Å². The Morgan fingerprint density at radius 1 is 1.07 bits per heavy atom. The maximum Gasteiger partial charge on any atom is 0.235 e. The van der Waals surface area contributed by atoms with Crippen LogP contribution in [0.25, 0.3) is 11.4 Å². The van der Waals surface area contributed by atoms with E-state index in [9.17, 15) is 4.79 Å². The molecule has 7 heteroatoms. The van der Waals surface area contributed by atoms with E-state index < -0.39 is 0 Å². The van der Waals surface area contributed by atoms with Gasteiger partial charge in [-0.1, -0.05) is 69.6 Å². The molecule has 1 saturated heterocycles. The van der Waals surface area contributed by atoms with Gasteiger partial charge >= 0.3 is 0 Å². The van der Waals surface area contributed by atoms with Crippen molar-refractivity contribution in [3.63, 3.8) is 0 Å². The number of benzene rings is 1. The van der Waals surface area contributed by atoms with Gasteiger partial charge in [0, 0.05) is 18.7 Å². The predicted octanol–water partition coefficient (Wildman–Crippen LogP) is 3.84. The fraction of sp³-hybridized carbons (Fsp3) is 0.571. The minimum Gasteiger partial charge on any atom is -0.342 e. The molecule has 1 aromatic carbocycles. The van der Waals surface area contributed by atoms with Crippen LogP contribution in [0.5, 0.6) is 0 Å². The lowest BCUT2D eigenvalue weighted by Gasteiger charge is -2.23. The molecule has 0 spiro atoms. The van der Waals surface area contributed by atoms with Gasteiger partial charge < -0.3 is 10.7 Å². The van der Waals surface area contributed by atoms with Crippen molar-refractivity contribution in [2.24, 2.45) is 0 Å². The van der Waals surface area contributed by atoms with Gasteiger partial charge in [-0.2, -0.15) is 0 Å². The predicted molar refractivity (Wildman–Crippen MR) is 115 cm³/mol. The summed E-state index contributed by atoms with van der Waals surface area (Å²) in [5, 5.41) is 8.81. The monoisotopic (exact) mass is 401 g/mol. The number of nitrogens with two attached hydrogens (primary N) is 1. The molecular weight excluding hydrogens is 370 g/mol. The fourth-order valence-corrected chi connectivity index (χ4v) is 4.28. The minimum atomic E-state index is -0.235. The number of aromatic nitrogens is 3. The van der Waals surface area contributed by atoms with Crippen LogP contribution in [0.2, 0.25) is 0 Å². The van der Waals surface area contributed by atoms with Crippen LogP contribution in [0.3, 0.4) is 0 Å². The van der Waals surface area contributed by atoms with Gasteiger partial charge in [0.15, 0.2) is 5.82 Å². The number of carbonyl (C=O) groups is 1. The van der Waals surface area contributed by atoms with E-state index in [0.717, 1.165) is 31.5 Å². The molecule has 2 heterocycles. The SMILES string of the molecule is CC(Sc1nnc(-c2ccc(C(C)(C)C)cc2)n1N)C(=O)N1CCCCCC1. The Bertz CT molecular complexity index is 801. The molecular formula is C21H31N5OS. The Hall–Kier alpha value is -2.02. The largest absolute Gasteiger partial charge is 0.342 e.